The van der Waals surface area contributed by atoms with Crippen LogP contribution >= 0.6 is 12.4 Å². The molecule has 9 nitrogen and oxygen atoms in total. The summed E-state index contributed by atoms with van der Waals surface area (Å²) in [6.45, 7) is 0.790. The number of halogens is 1. The minimum atomic E-state index is -4.01. The molecule has 4 N–H and O–H groups in total. The first-order valence-electron chi connectivity index (χ1n) is 13.3. The Kier molecular flexibility index (Phi) is 9.65. The largest absolute Gasteiger partial charge is 0.507 e. The summed E-state index contributed by atoms with van der Waals surface area (Å²) in [7, 11) is -0.758. The van der Waals surface area contributed by atoms with Crippen molar-refractivity contribution in [1.29, 1.82) is 0 Å². The number of aromatic hydroxyl groups is 1. The summed E-state index contributed by atoms with van der Waals surface area (Å²) in [5.74, 6) is 0.493. The van der Waals surface area contributed by atoms with E-state index in [2.05, 4.69) is 10.0 Å². The Bertz CT molecular complexity index is 1880. The van der Waals surface area contributed by atoms with E-state index in [1.807, 2.05) is 36.4 Å². The molecule has 0 aliphatic rings. The number of rotatable bonds is 10. The van der Waals surface area contributed by atoms with Gasteiger partial charge in [0.05, 0.1) is 17.7 Å². The first kappa shape index (κ1) is 31.4. The fourth-order valence-electron chi connectivity index (χ4n) is 5.05. The van der Waals surface area contributed by atoms with Gasteiger partial charge in [0, 0.05) is 36.0 Å². The number of carbonyl (C=O) groups is 1. The summed E-state index contributed by atoms with van der Waals surface area (Å²) in [6, 6.07) is 26.0. The number of amides is 1. The smallest absolute Gasteiger partial charge is 0.407 e. The molecule has 0 saturated heterocycles. The van der Waals surface area contributed by atoms with E-state index >= 15 is 0 Å². The van der Waals surface area contributed by atoms with Crippen LogP contribution in [0.1, 0.15) is 5.56 Å². The van der Waals surface area contributed by atoms with Crippen LogP contribution in [0.15, 0.2) is 95.9 Å². The van der Waals surface area contributed by atoms with Crippen molar-refractivity contribution < 1.29 is 28.2 Å². The van der Waals surface area contributed by atoms with Gasteiger partial charge in [-0.15, -0.1) is 12.4 Å². The van der Waals surface area contributed by atoms with Gasteiger partial charge in [-0.25, -0.2) is 13.2 Å². The number of hydrogen-bond acceptors (Lipinski definition) is 6. The highest BCUT2D eigenvalue weighted by atomic mass is 35.5. The van der Waals surface area contributed by atoms with Crippen molar-refractivity contribution in [3.8, 4) is 22.6 Å². The lowest BCUT2D eigenvalue weighted by atomic mass is 9.90. The van der Waals surface area contributed by atoms with E-state index in [0.717, 1.165) is 10.8 Å². The zero-order chi connectivity index (χ0) is 29.9. The highest BCUT2D eigenvalue weighted by Gasteiger charge is 2.23. The molecule has 0 fully saturated rings. The maximum atomic E-state index is 13.5. The Hall–Kier alpha value is -4.51. The number of anilines is 1. The van der Waals surface area contributed by atoms with E-state index in [1.165, 1.54) is 24.1 Å². The maximum absolute atomic E-state index is 13.5. The van der Waals surface area contributed by atoms with Gasteiger partial charge >= 0.3 is 6.09 Å². The molecule has 5 aromatic rings. The number of benzene rings is 5. The van der Waals surface area contributed by atoms with Gasteiger partial charge < -0.3 is 25.2 Å². The fourth-order valence-corrected chi connectivity index (χ4v) is 6.13. The molecule has 0 spiro atoms. The Morgan fingerprint density at radius 2 is 1.56 bits per heavy atom. The van der Waals surface area contributed by atoms with Crippen LogP contribution < -0.4 is 14.8 Å². The molecule has 0 unspecified atom stereocenters. The van der Waals surface area contributed by atoms with Crippen molar-refractivity contribution in [3.05, 3.63) is 96.6 Å². The van der Waals surface area contributed by atoms with Crippen molar-refractivity contribution >= 4 is 55.8 Å². The van der Waals surface area contributed by atoms with Gasteiger partial charge in [0.25, 0.3) is 10.0 Å². The lowest BCUT2D eigenvalue weighted by Gasteiger charge is -2.23. The summed E-state index contributed by atoms with van der Waals surface area (Å²) in [6.07, 6.45) is -1.07. The number of fused-ring (bicyclic) bond motifs is 2. The summed E-state index contributed by atoms with van der Waals surface area (Å²) >= 11 is 0. The summed E-state index contributed by atoms with van der Waals surface area (Å²) in [4.78, 5) is 13.5. The maximum Gasteiger partial charge on any atom is 0.407 e. The molecule has 11 heteroatoms. The van der Waals surface area contributed by atoms with Gasteiger partial charge in [-0.1, -0.05) is 60.7 Å². The monoisotopic (exact) mass is 621 g/mol. The first-order chi connectivity index (χ1) is 20.2. The second kappa shape index (κ2) is 13.2. The third-order valence-corrected chi connectivity index (χ3v) is 8.56. The number of likely N-dealkylation sites (N-methyl/N-ethyl adjacent to an activating group) is 1. The molecular weight excluding hydrogens is 590 g/mol. The molecule has 0 bridgehead atoms. The molecule has 5 aromatic carbocycles. The van der Waals surface area contributed by atoms with Crippen molar-refractivity contribution in [2.45, 2.75) is 11.4 Å². The van der Waals surface area contributed by atoms with E-state index in [-0.39, 0.29) is 41.8 Å². The lowest BCUT2D eigenvalue weighted by Crippen LogP contribution is -2.34. The van der Waals surface area contributed by atoms with Gasteiger partial charge in [-0.3, -0.25) is 4.72 Å². The van der Waals surface area contributed by atoms with Crippen LogP contribution in [0, 0.1) is 0 Å². The van der Waals surface area contributed by atoms with Gasteiger partial charge in [-0.05, 0) is 59.3 Å². The predicted molar refractivity (Wildman–Crippen MR) is 172 cm³/mol. The van der Waals surface area contributed by atoms with E-state index in [9.17, 15) is 23.4 Å². The van der Waals surface area contributed by atoms with Crippen molar-refractivity contribution in [1.82, 2.24) is 10.2 Å². The number of phenols is 1. The van der Waals surface area contributed by atoms with Gasteiger partial charge in [0.1, 0.15) is 11.5 Å². The number of carboxylic acid groups (broad SMARTS) is 1. The number of ether oxygens (including phenoxy) is 1. The predicted octanol–water partition coefficient (Wildman–Crippen LogP) is 6.30. The molecule has 0 radical (unpaired) electrons. The van der Waals surface area contributed by atoms with Crippen molar-refractivity contribution in [2.75, 3.05) is 32.0 Å². The molecule has 0 atom stereocenters. The molecule has 0 aromatic heterocycles. The topological polar surface area (TPSA) is 128 Å². The van der Waals surface area contributed by atoms with Crippen molar-refractivity contribution in [3.63, 3.8) is 0 Å². The highest BCUT2D eigenvalue weighted by molar-refractivity contribution is 7.92. The van der Waals surface area contributed by atoms with E-state index < -0.39 is 16.1 Å². The number of phenolic OH excluding ortho intramolecular Hbond substituents is 1. The number of sulfonamides is 1. The molecule has 0 saturated carbocycles. The summed E-state index contributed by atoms with van der Waals surface area (Å²) < 4.78 is 34.8. The van der Waals surface area contributed by atoms with Crippen LogP contribution in [0.5, 0.6) is 11.5 Å². The normalized spacial score (nSPS) is 11.2. The Morgan fingerprint density at radius 3 is 2.21 bits per heavy atom. The molecule has 224 valence electrons. The highest BCUT2D eigenvalue weighted by Crippen LogP contribution is 2.44. The zero-order valence-corrected chi connectivity index (χ0v) is 25.2. The van der Waals surface area contributed by atoms with Crippen LogP contribution in [-0.2, 0) is 16.6 Å². The number of nitrogens with zero attached hydrogens (tertiary/aromatic N) is 1. The molecule has 0 aliphatic heterocycles. The summed E-state index contributed by atoms with van der Waals surface area (Å²) in [5, 5.41) is 27.2. The quantitative estimate of drug-likeness (QED) is 0.135. The Labute approximate surface area is 256 Å². The molecule has 0 heterocycles. The third kappa shape index (κ3) is 6.46. The fraction of sp³-hybridized carbons (Fsp3) is 0.156. The second-order valence-corrected chi connectivity index (χ2v) is 11.5. The minimum absolute atomic E-state index is 0. The van der Waals surface area contributed by atoms with Gasteiger partial charge in [-0.2, -0.15) is 0 Å². The number of methoxy groups -OCH3 is 1. The number of nitrogens with one attached hydrogen (secondary N) is 2. The zero-order valence-electron chi connectivity index (χ0n) is 23.6. The molecular formula is C32H32ClN3O6S. The average molecular weight is 622 g/mol. The SMILES string of the molecule is CNCCN(Cc1ccc2ccccc2c1-c1cc(NS(=O)(=O)c2ccc(OC)cc2)c2ccccc2c1O)C(=O)O.Cl. The average Bonchev–Trinajstić information content (AvgIpc) is 3.00. The van der Waals surface area contributed by atoms with Gasteiger partial charge in [0.2, 0.25) is 0 Å². The van der Waals surface area contributed by atoms with Crippen LogP contribution in [0.3, 0.4) is 0 Å². The molecule has 1 amide bonds. The van der Waals surface area contributed by atoms with Crippen LogP contribution in [0.4, 0.5) is 10.5 Å². The van der Waals surface area contributed by atoms with Gasteiger partial charge in [0.15, 0.2) is 0 Å². The van der Waals surface area contributed by atoms with Crippen LogP contribution in [-0.4, -0.2) is 56.9 Å². The Morgan fingerprint density at radius 1 is 0.907 bits per heavy atom. The van der Waals surface area contributed by atoms with Crippen molar-refractivity contribution in [2.24, 2.45) is 0 Å². The Balaban J connectivity index is 0.00000423. The molecule has 0 aliphatic carbocycles. The van der Waals surface area contributed by atoms with Crippen LogP contribution in [0.25, 0.3) is 32.7 Å². The minimum Gasteiger partial charge on any atom is -0.507 e. The van der Waals surface area contributed by atoms with E-state index in [4.69, 9.17) is 4.74 Å². The first-order valence-corrected chi connectivity index (χ1v) is 14.8. The standard InChI is InChI=1S/C32H31N3O6S.ClH/c1-33-17-18-35(32(37)38)20-22-12-11-21-7-3-4-8-25(21)30(22)28-19-29(26-9-5-6-10-27(26)31(28)36)34-42(39,40)24-15-13-23(41-2)14-16-24;/h3-16,19,33-34,36H,17-18,20H2,1-2H3,(H,37,38);1H. The third-order valence-electron chi connectivity index (χ3n) is 7.18. The van der Waals surface area contributed by atoms with E-state index in [1.54, 1.807) is 49.5 Å². The molecule has 43 heavy (non-hydrogen) atoms. The summed E-state index contributed by atoms with van der Waals surface area (Å²) in [5.41, 5.74) is 1.95. The lowest BCUT2D eigenvalue weighted by molar-refractivity contribution is 0.143. The number of hydrogen-bond donors (Lipinski definition) is 4. The molecule has 5 rings (SSSR count). The second-order valence-electron chi connectivity index (χ2n) is 9.78. The van der Waals surface area contributed by atoms with Crippen LogP contribution in [0.2, 0.25) is 0 Å². The van der Waals surface area contributed by atoms with E-state index in [0.29, 0.717) is 39.8 Å².